The third-order valence-corrected chi connectivity index (χ3v) is 5.96. The number of ether oxygens (including phenoxy) is 1. The lowest BCUT2D eigenvalue weighted by Crippen LogP contribution is -2.30. The molecule has 0 bridgehead atoms. The smallest absolute Gasteiger partial charge is 0.127 e. The molecular formula is C20H25IO. The van der Waals surface area contributed by atoms with Gasteiger partial charge >= 0.3 is 0 Å². The minimum absolute atomic E-state index is 0.377. The molecule has 0 unspecified atom stereocenters. The summed E-state index contributed by atoms with van der Waals surface area (Å²) in [6.07, 6.45) is 5.32. The molecule has 1 saturated carbocycles. The monoisotopic (exact) mass is 408 g/mol. The average molecular weight is 408 g/mol. The van der Waals surface area contributed by atoms with Gasteiger partial charge in [-0.15, -0.1) is 0 Å². The molecule has 1 nitrogen and oxygen atoms in total. The molecule has 2 aromatic carbocycles. The summed E-state index contributed by atoms with van der Waals surface area (Å²) in [6.45, 7) is 7.10. The minimum Gasteiger partial charge on any atom is -0.490 e. The molecule has 1 aliphatic carbocycles. The van der Waals surface area contributed by atoms with E-state index in [-0.39, 0.29) is 0 Å². The van der Waals surface area contributed by atoms with Crippen molar-refractivity contribution in [2.45, 2.75) is 52.6 Å². The molecule has 0 aromatic heterocycles. The van der Waals surface area contributed by atoms with E-state index in [0.717, 1.165) is 11.7 Å². The molecule has 0 atom stereocenters. The lowest BCUT2D eigenvalue weighted by Gasteiger charge is -2.37. The van der Waals surface area contributed by atoms with Gasteiger partial charge in [-0.3, -0.25) is 0 Å². The van der Waals surface area contributed by atoms with Crippen molar-refractivity contribution in [2.24, 2.45) is 11.3 Å². The molecule has 0 N–H and O–H groups in total. The van der Waals surface area contributed by atoms with Gasteiger partial charge in [0.25, 0.3) is 0 Å². The Morgan fingerprint density at radius 2 is 1.55 bits per heavy atom. The Bertz CT molecular complexity index is 648. The van der Waals surface area contributed by atoms with E-state index in [1.54, 1.807) is 0 Å². The molecule has 0 spiro atoms. The van der Waals surface area contributed by atoms with Crippen molar-refractivity contribution in [2.75, 3.05) is 0 Å². The molecular weight excluding hydrogens is 383 g/mol. The zero-order chi connectivity index (χ0) is 15.7. The SMILES string of the molecule is CC(C)(C)[C@H]1CC[C@H](Oc2cccc3c(I)cccc23)CC1. The Balaban J connectivity index is 1.74. The second-order valence-electron chi connectivity index (χ2n) is 7.55. The molecule has 0 heterocycles. The molecule has 1 aliphatic rings. The van der Waals surface area contributed by atoms with E-state index in [4.69, 9.17) is 4.74 Å². The molecule has 0 radical (unpaired) electrons. The van der Waals surface area contributed by atoms with Crippen LogP contribution in [0, 0.1) is 14.9 Å². The average Bonchev–Trinajstić information content (AvgIpc) is 2.48. The van der Waals surface area contributed by atoms with E-state index in [0.29, 0.717) is 11.5 Å². The Morgan fingerprint density at radius 1 is 0.909 bits per heavy atom. The summed E-state index contributed by atoms with van der Waals surface area (Å²) in [7, 11) is 0. The van der Waals surface area contributed by atoms with Crippen molar-refractivity contribution in [1.29, 1.82) is 0 Å². The van der Waals surface area contributed by atoms with Crippen LogP contribution in [0.25, 0.3) is 10.8 Å². The maximum Gasteiger partial charge on any atom is 0.127 e. The summed E-state index contributed by atoms with van der Waals surface area (Å²) >= 11 is 2.40. The van der Waals surface area contributed by atoms with Gasteiger partial charge in [0.2, 0.25) is 0 Å². The summed E-state index contributed by atoms with van der Waals surface area (Å²) in [5.74, 6) is 1.89. The summed E-state index contributed by atoms with van der Waals surface area (Å²) in [4.78, 5) is 0. The molecule has 22 heavy (non-hydrogen) atoms. The van der Waals surface area contributed by atoms with E-state index in [1.165, 1.54) is 40.0 Å². The minimum atomic E-state index is 0.377. The maximum atomic E-state index is 6.38. The summed E-state index contributed by atoms with van der Waals surface area (Å²) in [5.41, 5.74) is 0.431. The molecule has 1 fully saturated rings. The third kappa shape index (κ3) is 3.42. The quantitative estimate of drug-likeness (QED) is 0.521. The van der Waals surface area contributed by atoms with Crippen molar-refractivity contribution in [1.82, 2.24) is 0 Å². The van der Waals surface area contributed by atoms with Gasteiger partial charge in [-0.25, -0.2) is 0 Å². The van der Waals surface area contributed by atoms with Crippen LogP contribution in [0.3, 0.4) is 0 Å². The molecule has 2 heteroatoms. The predicted octanol–water partition coefficient (Wildman–Crippen LogP) is 6.43. The van der Waals surface area contributed by atoms with Crippen LogP contribution in [0.1, 0.15) is 46.5 Å². The van der Waals surface area contributed by atoms with Gasteiger partial charge in [0.05, 0.1) is 6.10 Å². The largest absolute Gasteiger partial charge is 0.490 e. The van der Waals surface area contributed by atoms with Gasteiger partial charge in [0, 0.05) is 8.96 Å². The van der Waals surface area contributed by atoms with Crippen LogP contribution in [0.15, 0.2) is 36.4 Å². The lowest BCUT2D eigenvalue weighted by molar-refractivity contribution is 0.0892. The van der Waals surface area contributed by atoms with Crippen LogP contribution in [0.4, 0.5) is 0 Å². The number of fused-ring (bicyclic) bond motifs is 1. The zero-order valence-corrected chi connectivity index (χ0v) is 15.9. The first-order valence-corrected chi connectivity index (χ1v) is 9.37. The molecule has 3 rings (SSSR count). The van der Waals surface area contributed by atoms with Crippen LogP contribution in [0.5, 0.6) is 5.75 Å². The van der Waals surface area contributed by atoms with Crippen molar-refractivity contribution < 1.29 is 4.74 Å². The third-order valence-electron chi connectivity index (χ3n) is 5.02. The molecule has 2 aromatic rings. The van der Waals surface area contributed by atoms with E-state index in [2.05, 4.69) is 79.8 Å². The second-order valence-corrected chi connectivity index (χ2v) is 8.71. The molecule has 0 aliphatic heterocycles. The highest BCUT2D eigenvalue weighted by Gasteiger charge is 2.30. The van der Waals surface area contributed by atoms with E-state index >= 15 is 0 Å². The first kappa shape index (κ1) is 16.1. The fraction of sp³-hybridized carbons (Fsp3) is 0.500. The van der Waals surface area contributed by atoms with Gasteiger partial charge in [-0.2, -0.15) is 0 Å². The Hall–Kier alpha value is -0.770. The highest BCUT2D eigenvalue weighted by Crippen LogP contribution is 2.39. The van der Waals surface area contributed by atoms with Crippen molar-refractivity contribution in [3.8, 4) is 5.75 Å². The number of halogens is 1. The normalized spacial score (nSPS) is 22.7. The fourth-order valence-corrected chi connectivity index (χ4v) is 4.25. The summed E-state index contributed by atoms with van der Waals surface area (Å²) in [5, 5.41) is 2.54. The molecule has 0 saturated heterocycles. The Labute approximate surface area is 147 Å². The van der Waals surface area contributed by atoms with Crippen LogP contribution in [0.2, 0.25) is 0 Å². The van der Waals surface area contributed by atoms with E-state index in [1.807, 2.05) is 0 Å². The van der Waals surface area contributed by atoms with Crippen LogP contribution < -0.4 is 4.74 Å². The fourth-order valence-electron chi connectivity index (χ4n) is 3.57. The van der Waals surface area contributed by atoms with Gasteiger partial charge in [0.1, 0.15) is 5.75 Å². The van der Waals surface area contributed by atoms with Gasteiger partial charge in [-0.05, 0) is 77.1 Å². The highest BCUT2D eigenvalue weighted by molar-refractivity contribution is 14.1. The Kier molecular flexibility index (Phi) is 4.67. The summed E-state index contributed by atoms with van der Waals surface area (Å²) < 4.78 is 7.67. The Morgan fingerprint density at radius 3 is 2.23 bits per heavy atom. The van der Waals surface area contributed by atoms with E-state index in [9.17, 15) is 0 Å². The lowest BCUT2D eigenvalue weighted by atomic mass is 9.72. The van der Waals surface area contributed by atoms with Crippen LogP contribution >= 0.6 is 22.6 Å². The van der Waals surface area contributed by atoms with Crippen molar-refractivity contribution in [3.63, 3.8) is 0 Å². The van der Waals surface area contributed by atoms with Crippen LogP contribution in [-0.2, 0) is 0 Å². The molecule has 0 amide bonds. The predicted molar refractivity (Wildman–Crippen MR) is 102 cm³/mol. The van der Waals surface area contributed by atoms with Crippen molar-refractivity contribution in [3.05, 3.63) is 40.0 Å². The van der Waals surface area contributed by atoms with Crippen LogP contribution in [-0.4, -0.2) is 6.10 Å². The zero-order valence-electron chi connectivity index (χ0n) is 13.7. The summed E-state index contributed by atoms with van der Waals surface area (Å²) in [6, 6.07) is 12.9. The van der Waals surface area contributed by atoms with Gasteiger partial charge in [-0.1, -0.05) is 45.0 Å². The number of benzene rings is 2. The number of rotatable bonds is 2. The number of hydrogen-bond acceptors (Lipinski definition) is 1. The topological polar surface area (TPSA) is 9.23 Å². The first-order valence-electron chi connectivity index (χ1n) is 8.29. The van der Waals surface area contributed by atoms with Crippen molar-refractivity contribution >= 4 is 33.4 Å². The van der Waals surface area contributed by atoms with Gasteiger partial charge in [0.15, 0.2) is 0 Å². The highest BCUT2D eigenvalue weighted by atomic mass is 127. The first-order chi connectivity index (χ1) is 10.4. The number of hydrogen-bond donors (Lipinski definition) is 0. The van der Waals surface area contributed by atoms with Gasteiger partial charge < -0.3 is 4.74 Å². The maximum absolute atomic E-state index is 6.38. The second kappa shape index (κ2) is 6.38. The van der Waals surface area contributed by atoms with E-state index < -0.39 is 0 Å². The molecule has 118 valence electrons. The standard InChI is InChI=1S/C20H25IO/c1-20(2,3)14-10-12-15(13-11-14)22-19-9-5-6-16-17(19)7-4-8-18(16)21/h4-9,14-15H,10-13H2,1-3H3/t14-,15-.